The first-order valence-electron chi connectivity index (χ1n) is 2.89. The van der Waals surface area contributed by atoms with Crippen molar-refractivity contribution in [2.45, 2.75) is 6.61 Å². The predicted molar refractivity (Wildman–Crippen MR) is 52.8 cm³/mol. The molecule has 0 fully saturated rings. The molecule has 0 radical (unpaired) electrons. The first kappa shape index (κ1) is 9.52. The molecule has 0 spiro atoms. The van der Waals surface area contributed by atoms with Crippen LogP contribution in [0.3, 0.4) is 0 Å². The number of hydrogen-bond acceptors (Lipinski definition) is 1. The Kier molecular flexibility index (Phi) is 3.37. The van der Waals surface area contributed by atoms with E-state index in [-0.39, 0.29) is 6.61 Å². The maximum Gasteiger partial charge on any atom is 0.0690 e. The third-order valence-electron chi connectivity index (χ3n) is 1.23. The molecule has 4 heteroatoms. The molecule has 0 saturated carbocycles. The fourth-order valence-electron chi connectivity index (χ4n) is 0.699. The standard InChI is InChI=1S/C7H5Br2ClO/c8-5-1-4(3-11)2-6(9)7(5)10/h1-2,11H,3H2. The molecule has 0 amide bonds. The predicted octanol–water partition coefficient (Wildman–Crippen LogP) is 3.36. The lowest BCUT2D eigenvalue weighted by molar-refractivity contribution is 0.281. The van der Waals surface area contributed by atoms with E-state index in [1.165, 1.54) is 0 Å². The third-order valence-corrected chi connectivity index (χ3v) is 3.34. The average Bonchev–Trinajstić information content (AvgIpc) is 1.99. The molecule has 0 aliphatic heterocycles. The number of hydrogen-bond donors (Lipinski definition) is 1. The highest BCUT2D eigenvalue weighted by Gasteiger charge is 2.03. The average molecular weight is 300 g/mol. The quantitative estimate of drug-likeness (QED) is 0.789. The van der Waals surface area contributed by atoms with Crippen LogP contribution in [0.1, 0.15) is 5.56 Å². The molecule has 0 saturated heterocycles. The van der Waals surface area contributed by atoms with Crippen molar-refractivity contribution >= 4 is 43.5 Å². The van der Waals surface area contributed by atoms with Crippen LogP contribution in [-0.2, 0) is 6.61 Å². The van der Waals surface area contributed by atoms with E-state index in [4.69, 9.17) is 16.7 Å². The number of rotatable bonds is 1. The minimum absolute atomic E-state index is 0.0222. The van der Waals surface area contributed by atoms with E-state index in [2.05, 4.69) is 31.9 Å². The van der Waals surface area contributed by atoms with E-state index >= 15 is 0 Å². The molecular formula is C7H5Br2ClO. The summed E-state index contributed by atoms with van der Waals surface area (Å²) in [5.74, 6) is 0. The lowest BCUT2D eigenvalue weighted by Gasteiger charge is -2.01. The molecular weight excluding hydrogens is 295 g/mol. The lowest BCUT2D eigenvalue weighted by atomic mass is 10.2. The van der Waals surface area contributed by atoms with Gasteiger partial charge in [-0.05, 0) is 49.6 Å². The Morgan fingerprint density at radius 2 is 1.73 bits per heavy atom. The van der Waals surface area contributed by atoms with Gasteiger partial charge in [0.25, 0.3) is 0 Å². The van der Waals surface area contributed by atoms with Crippen LogP contribution < -0.4 is 0 Å². The molecule has 1 aromatic carbocycles. The van der Waals surface area contributed by atoms with Gasteiger partial charge in [0.15, 0.2) is 0 Å². The SMILES string of the molecule is OCc1cc(Br)c(Cl)c(Br)c1. The van der Waals surface area contributed by atoms with Crippen molar-refractivity contribution in [2.75, 3.05) is 0 Å². The Balaban J connectivity index is 3.21. The second-order valence-electron chi connectivity index (χ2n) is 2.03. The highest BCUT2D eigenvalue weighted by Crippen LogP contribution is 2.31. The van der Waals surface area contributed by atoms with Crippen LogP contribution in [0, 0.1) is 0 Å². The Bertz CT molecular complexity index is 252. The zero-order valence-electron chi connectivity index (χ0n) is 5.44. The van der Waals surface area contributed by atoms with E-state index in [1.54, 1.807) is 12.1 Å². The minimum atomic E-state index is 0.0222. The summed E-state index contributed by atoms with van der Waals surface area (Å²) >= 11 is 12.4. The summed E-state index contributed by atoms with van der Waals surface area (Å²) in [5.41, 5.74) is 0.827. The van der Waals surface area contributed by atoms with Gasteiger partial charge in [-0.3, -0.25) is 0 Å². The van der Waals surface area contributed by atoms with Crippen molar-refractivity contribution < 1.29 is 5.11 Å². The van der Waals surface area contributed by atoms with Crippen molar-refractivity contribution in [3.63, 3.8) is 0 Å². The van der Waals surface area contributed by atoms with E-state index in [0.29, 0.717) is 5.02 Å². The van der Waals surface area contributed by atoms with E-state index < -0.39 is 0 Å². The minimum Gasteiger partial charge on any atom is -0.392 e. The second-order valence-corrected chi connectivity index (χ2v) is 4.12. The van der Waals surface area contributed by atoms with Gasteiger partial charge in [0, 0.05) is 8.95 Å². The van der Waals surface area contributed by atoms with Crippen LogP contribution in [0.4, 0.5) is 0 Å². The highest BCUT2D eigenvalue weighted by molar-refractivity contribution is 9.11. The van der Waals surface area contributed by atoms with Gasteiger partial charge in [-0.1, -0.05) is 11.6 Å². The van der Waals surface area contributed by atoms with Gasteiger partial charge in [0.2, 0.25) is 0 Å². The molecule has 1 N–H and O–H groups in total. The monoisotopic (exact) mass is 298 g/mol. The summed E-state index contributed by atoms with van der Waals surface area (Å²) in [7, 11) is 0. The van der Waals surface area contributed by atoms with Gasteiger partial charge >= 0.3 is 0 Å². The zero-order valence-corrected chi connectivity index (χ0v) is 9.37. The maximum absolute atomic E-state index is 8.79. The van der Waals surface area contributed by atoms with Crippen molar-refractivity contribution in [3.8, 4) is 0 Å². The summed E-state index contributed by atoms with van der Waals surface area (Å²) in [6, 6.07) is 3.57. The summed E-state index contributed by atoms with van der Waals surface area (Å²) in [5, 5.41) is 9.42. The highest BCUT2D eigenvalue weighted by atomic mass is 79.9. The van der Waals surface area contributed by atoms with Gasteiger partial charge in [-0.15, -0.1) is 0 Å². The van der Waals surface area contributed by atoms with Crippen LogP contribution in [0.15, 0.2) is 21.1 Å². The molecule has 0 aliphatic rings. The smallest absolute Gasteiger partial charge is 0.0690 e. The van der Waals surface area contributed by atoms with Gasteiger partial charge in [0.05, 0.1) is 11.6 Å². The van der Waals surface area contributed by atoms with E-state index in [9.17, 15) is 0 Å². The van der Waals surface area contributed by atoms with Crippen LogP contribution in [0.5, 0.6) is 0 Å². The normalized spacial score (nSPS) is 10.2. The van der Waals surface area contributed by atoms with Crippen LogP contribution in [0.2, 0.25) is 5.02 Å². The molecule has 60 valence electrons. The molecule has 1 nitrogen and oxygen atoms in total. The van der Waals surface area contributed by atoms with Gasteiger partial charge in [-0.25, -0.2) is 0 Å². The van der Waals surface area contributed by atoms with Crippen molar-refractivity contribution in [1.29, 1.82) is 0 Å². The largest absolute Gasteiger partial charge is 0.392 e. The molecule has 1 aromatic rings. The molecule has 0 aliphatic carbocycles. The second kappa shape index (κ2) is 3.90. The Hall–Kier alpha value is 0.430. The molecule has 0 unspecified atom stereocenters. The maximum atomic E-state index is 8.79. The molecule has 0 bridgehead atoms. The van der Waals surface area contributed by atoms with Crippen LogP contribution in [-0.4, -0.2) is 5.11 Å². The van der Waals surface area contributed by atoms with Gasteiger partial charge in [0.1, 0.15) is 0 Å². The molecule has 11 heavy (non-hydrogen) atoms. The first-order chi connectivity index (χ1) is 5.15. The van der Waals surface area contributed by atoms with Crippen molar-refractivity contribution in [2.24, 2.45) is 0 Å². The number of aliphatic hydroxyl groups is 1. The number of halogens is 3. The Morgan fingerprint density at radius 3 is 2.09 bits per heavy atom. The molecule has 0 heterocycles. The van der Waals surface area contributed by atoms with Crippen molar-refractivity contribution in [1.82, 2.24) is 0 Å². The zero-order chi connectivity index (χ0) is 8.43. The summed E-state index contributed by atoms with van der Waals surface area (Å²) in [6.45, 7) is 0.0222. The molecule has 0 atom stereocenters. The van der Waals surface area contributed by atoms with Crippen LogP contribution in [0.25, 0.3) is 0 Å². The molecule has 0 aromatic heterocycles. The summed E-state index contributed by atoms with van der Waals surface area (Å²) < 4.78 is 1.58. The summed E-state index contributed by atoms with van der Waals surface area (Å²) in [4.78, 5) is 0. The third kappa shape index (κ3) is 2.18. The number of aliphatic hydroxyl groups excluding tert-OH is 1. The fourth-order valence-corrected chi connectivity index (χ4v) is 2.09. The lowest BCUT2D eigenvalue weighted by Crippen LogP contribution is -1.83. The van der Waals surface area contributed by atoms with E-state index in [1.807, 2.05) is 0 Å². The van der Waals surface area contributed by atoms with Crippen LogP contribution >= 0.6 is 43.5 Å². The van der Waals surface area contributed by atoms with Gasteiger partial charge < -0.3 is 5.11 Å². The number of benzene rings is 1. The van der Waals surface area contributed by atoms with Gasteiger partial charge in [-0.2, -0.15) is 0 Å². The Morgan fingerprint density at radius 1 is 1.27 bits per heavy atom. The summed E-state index contributed by atoms with van der Waals surface area (Å²) in [6.07, 6.45) is 0. The molecule has 1 rings (SSSR count). The van der Waals surface area contributed by atoms with E-state index in [0.717, 1.165) is 14.5 Å². The Labute approximate surface area is 86.6 Å². The topological polar surface area (TPSA) is 20.2 Å². The van der Waals surface area contributed by atoms with Crippen molar-refractivity contribution in [3.05, 3.63) is 31.7 Å². The fraction of sp³-hybridized carbons (Fsp3) is 0.143. The first-order valence-corrected chi connectivity index (χ1v) is 4.86.